The van der Waals surface area contributed by atoms with E-state index in [-0.39, 0.29) is 5.69 Å². The minimum absolute atomic E-state index is 0.0943. The normalized spacial score (nSPS) is 16.5. The second-order valence-electron chi connectivity index (χ2n) is 10.2. The van der Waals surface area contributed by atoms with E-state index in [1.807, 2.05) is 12.1 Å². The Morgan fingerprint density at radius 3 is 2.67 bits per heavy atom. The van der Waals surface area contributed by atoms with Crippen LogP contribution in [0.25, 0.3) is 22.2 Å². The van der Waals surface area contributed by atoms with Gasteiger partial charge in [0.05, 0.1) is 23.3 Å². The molecule has 0 radical (unpaired) electrons. The number of hydrogen-bond acceptors (Lipinski definition) is 5. The largest absolute Gasteiger partial charge is 0.418 e. The molecule has 4 aromatic rings. The Morgan fingerprint density at radius 2 is 1.87 bits per heavy atom. The van der Waals surface area contributed by atoms with Crippen molar-refractivity contribution in [3.63, 3.8) is 0 Å². The summed E-state index contributed by atoms with van der Waals surface area (Å²) in [6.45, 7) is 6.60. The Bertz CT molecular complexity index is 1440. The van der Waals surface area contributed by atoms with Crippen molar-refractivity contribution in [1.29, 1.82) is 0 Å². The summed E-state index contributed by atoms with van der Waals surface area (Å²) < 4.78 is 41.2. The highest BCUT2D eigenvalue weighted by molar-refractivity contribution is 5.92. The minimum atomic E-state index is -4.50. The van der Waals surface area contributed by atoms with Crippen LogP contribution in [-0.2, 0) is 19.1 Å². The second-order valence-corrected chi connectivity index (χ2v) is 10.2. The number of pyridine rings is 1. The molecular weight excluding hydrogens is 499 g/mol. The monoisotopic (exact) mass is 533 g/mol. The average Bonchev–Trinajstić information content (AvgIpc) is 2.93. The Balaban J connectivity index is 1.51. The molecule has 5 nitrogen and oxygen atoms in total. The first-order valence-electron chi connectivity index (χ1n) is 13.7. The number of hydrogen-bond donors (Lipinski definition) is 1. The van der Waals surface area contributed by atoms with Crippen molar-refractivity contribution in [3.8, 4) is 11.3 Å². The molecule has 1 saturated heterocycles. The zero-order valence-electron chi connectivity index (χ0n) is 22.4. The first kappa shape index (κ1) is 27.1. The number of aryl methyl sites for hydroxylation is 1. The molecule has 1 atom stereocenters. The number of likely N-dealkylation sites (tertiary alicyclic amines) is 1. The van der Waals surface area contributed by atoms with Crippen LogP contribution in [0.3, 0.4) is 0 Å². The molecule has 39 heavy (non-hydrogen) atoms. The zero-order valence-corrected chi connectivity index (χ0v) is 22.4. The van der Waals surface area contributed by atoms with Crippen LogP contribution >= 0.6 is 0 Å². The summed E-state index contributed by atoms with van der Waals surface area (Å²) in [6, 6.07) is 16.3. The highest BCUT2D eigenvalue weighted by atomic mass is 19.4. The van der Waals surface area contributed by atoms with Crippen LogP contribution < -0.4 is 5.32 Å². The second kappa shape index (κ2) is 11.7. The van der Waals surface area contributed by atoms with Crippen LogP contribution in [0, 0.1) is 6.92 Å². The third-order valence-corrected chi connectivity index (χ3v) is 7.64. The summed E-state index contributed by atoms with van der Waals surface area (Å²) in [5.41, 5.74) is 2.65. The van der Waals surface area contributed by atoms with Gasteiger partial charge in [0.2, 0.25) is 0 Å². The minimum Gasteiger partial charge on any atom is -0.369 e. The summed E-state index contributed by atoms with van der Waals surface area (Å²) in [5.74, 6) is 1.38. The Hall–Kier alpha value is -3.52. The SMILES string of the molecule is CCC1CCCCN1Cc1nc(NCCc2ccccc2C)c2ccc(-c3ncccc3C(F)(F)F)cc2n1. The lowest BCUT2D eigenvalue weighted by Crippen LogP contribution is -2.38. The lowest BCUT2D eigenvalue weighted by atomic mass is 10.00. The van der Waals surface area contributed by atoms with E-state index in [0.717, 1.165) is 43.7 Å². The van der Waals surface area contributed by atoms with Crippen molar-refractivity contribution in [2.75, 3.05) is 18.4 Å². The van der Waals surface area contributed by atoms with Crippen LogP contribution in [-0.4, -0.2) is 39.0 Å². The highest BCUT2D eigenvalue weighted by Crippen LogP contribution is 2.37. The maximum atomic E-state index is 13.7. The van der Waals surface area contributed by atoms with Gasteiger partial charge in [-0.3, -0.25) is 9.88 Å². The fourth-order valence-corrected chi connectivity index (χ4v) is 5.51. The number of aromatic nitrogens is 3. The van der Waals surface area contributed by atoms with E-state index >= 15 is 0 Å². The average molecular weight is 534 g/mol. The molecule has 2 aromatic heterocycles. The topological polar surface area (TPSA) is 53.9 Å². The molecule has 1 fully saturated rings. The van der Waals surface area contributed by atoms with Crippen LogP contribution in [0.1, 0.15) is 55.1 Å². The summed E-state index contributed by atoms with van der Waals surface area (Å²) in [6.07, 6.45) is 2.33. The van der Waals surface area contributed by atoms with E-state index in [1.54, 1.807) is 18.2 Å². The molecule has 8 heteroatoms. The van der Waals surface area contributed by atoms with Gasteiger partial charge in [0.1, 0.15) is 11.6 Å². The van der Waals surface area contributed by atoms with E-state index in [0.29, 0.717) is 41.9 Å². The van der Waals surface area contributed by atoms with Gasteiger partial charge in [-0.1, -0.05) is 43.7 Å². The van der Waals surface area contributed by atoms with Crippen molar-refractivity contribution in [2.24, 2.45) is 0 Å². The van der Waals surface area contributed by atoms with Crippen molar-refractivity contribution >= 4 is 16.7 Å². The van der Waals surface area contributed by atoms with Gasteiger partial charge in [0, 0.05) is 29.7 Å². The lowest BCUT2D eigenvalue weighted by molar-refractivity contribution is -0.137. The van der Waals surface area contributed by atoms with Crippen LogP contribution in [0.2, 0.25) is 0 Å². The fraction of sp³-hybridized carbons (Fsp3) is 0.387. The summed E-state index contributed by atoms with van der Waals surface area (Å²) in [4.78, 5) is 16.3. The molecule has 1 aliphatic rings. The molecule has 0 spiro atoms. The van der Waals surface area contributed by atoms with E-state index in [2.05, 4.69) is 41.2 Å². The Kier molecular flexibility index (Phi) is 8.12. The van der Waals surface area contributed by atoms with Gasteiger partial charge in [-0.15, -0.1) is 0 Å². The number of halogens is 3. The molecule has 0 aliphatic carbocycles. The van der Waals surface area contributed by atoms with Crippen molar-refractivity contribution < 1.29 is 13.2 Å². The van der Waals surface area contributed by atoms with Gasteiger partial charge in [-0.05, 0) is 74.5 Å². The van der Waals surface area contributed by atoms with E-state index in [1.165, 1.54) is 29.8 Å². The number of fused-ring (bicyclic) bond motifs is 1. The predicted octanol–water partition coefficient (Wildman–Crippen LogP) is 7.44. The first-order chi connectivity index (χ1) is 18.8. The number of alkyl halides is 3. The third kappa shape index (κ3) is 6.22. The fourth-order valence-electron chi connectivity index (χ4n) is 5.51. The van der Waals surface area contributed by atoms with Gasteiger partial charge in [-0.2, -0.15) is 13.2 Å². The van der Waals surface area contributed by atoms with Gasteiger partial charge >= 0.3 is 6.18 Å². The van der Waals surface area contributed by atoms with E-state index < -0.39 is 11.7 Å². The predicted molar refractivity (Wildman–Crippen MR) is 149 cm³/mol. The number of benzene rings is 2. The summed E-state index contributed by atoms with van der Waals surface area (Å²) in [5, 5.41) is 4.28. The standard InChI is InChI=1S/C31H34F3N5/c1-3-24-11-6-7-18-39(24)20-28-37-27-19-23(29-26(31(32,33)34)12-8-16-35-29)13-14-25(27)30(38-28)36-17-15-22-10-5-4-9-21(22)2/h4-5,8-10,12-14,16,19,24H,3,6-7,11,15,17-18,20H2,1-2H3,(H,36,37,38). The molecule has 1 aliphatic heterocycles. The maximum Gasteiger partial charge on any atom is 0.418 e. The van der Waals surface area contributed by atoms with Gasteiger partial charge in [0.25, 0.3) is 0 Å². The number of nitrogens with one attached hydrogen (secondary N) is 1. The van der Waals surface area contributed by atoms with Gasteiger partial charge < -0.3 is 5.32 Å². The maximum absolute atomic E-state index is 13.7. The molecule has 2 aromatic carbocycles. The zero-order chi connectivity index (χ0) is 27.4. The van der Waals surface area contributed by atoms with Crippen molar-refractivity contribution in [3.05, 3.63) is 83.3 Å². The molecular formula is C31H34F3N5. The van der Waals surface area contributed by atoms with E-state index in [9.17, 15) is 13.2 Å². The molecule has 0 bridgehead atoms. The Morgan fingerprint density at radius 1 is 1.03 bits per heavy atom. The lowest BCUT2D eigenvalue weighted by Gasteiger charge is -2.34. The summed E-state index contributed by atoms with van der Waals surface area (Å²) in [7, 11) is 0. The van der Waals surface area contributed by atoms with E-state index in [4.69, 9.17) is 9.97 Å². The molecule has 3 heterocycles. The Labute approximate surface area is 227 Å². The van der Waals surface area contributed by atoms with Crippen molar-refractivity contribution in [2.45, 2.75) is 64.7 Å². The van der Waals surface area contributed by atoms with Gasteiger partial charge in [-0.25, -0.2) is 9.97 Å². The summed E-state index contributed by atoms with van der Waals surface area (Å²) >= 11 is 0. The molecule has 5 rings (SSSR count). The third-order valence-electron chi connectivity index (χ3n) is 7.64. The molecule has 1 N–H and O–H groups in total. The number of anilines is 1. The quantitative estimate of drug-likeness (QED) is 0.255. The van der Waals surface area contributed by atoms with Gasteiger partial charge in [0.15, 0.2) is 0 Å². The number of nitrogens with zero attached hydrogens (tertiary/aromatic N) is 4. The first-order valence-corrected chi connectivity index (χ1v) is 13.7. The van der Waals surface area contributed by atoms with Crippen LogP contribution in [0.4, 0.5) is 19.0 Å². The highest BCUT2D eigenvalue weighted by Gasteiger charge is 2.34. The van der Waals surface area contributed by atoms with Crippen LogP contribution in [0.5, 0.6) is 0 Å². The molecule has 1 unspecified atom stereocenters. The molecule has 0 amide bonds. The molecule has 0 saturated carbocycles. The number of rotatable bonds is 8. The number of piperidine rings is 1. The van der Waals surface area contributed by atoms with Crippen molar-refractivity contribution in [1.82, 2.24) is 19.9 Å². The smallest absolute Gasteiger partial charge is 0.369 e. The molecule has 204 valence electrons. The van der Waals surface area contributed by atoms with Crippen LogP contribution in [0.15, 0.2) is 60.8 Å².